The second-order valence-electron chi connectivity index (χ2n) is 14.3. The number of ether oxygens (including phenoxy) is 2. The molecule has 4 aromatic carbocycles. The number of thioether (sulfide) groups is 1. The van der Waals surface area contributed by atoms with Crippen molar-refractivity contribution >= 4 is 51.0 Å². The number of carbonyl (C=O) groups is 3. The SMILES string of the molecule is CCCCCCCCCCCCCCOc1ccccc1NC(=O)c1cc(N(Cc2ccccc2)C(=O)Sc2nnnn2CC(=O)OCCC)c2ccccc2c1O. The standard InChI is InChI=1S/C45H56N6O6S/c1-3-5-6-7-8-9-10-11-12-13-14-22-30-56-40-28-21-20-27-38(40)46-43(54)37-31-39(35-25-18-19-26-36(35)42(37)53)50(32-34-23-16-15-17-24-34)45(55)58-44-47-48-49-51(44)33-41(52)57-29-4-2/h15-21,23-28,31,53H,3-14,22,29-30,32-33H2,1-2H3,(H,46,54). The number of benzene rings is 4. The summed E-state index contributed by atoms with van der Waals surface area (Å²) < 4.78 is 12.6. The number of amides is 2. The molecule has 2 N–H and O–H groups in total. The molecule has 0 unspecified atom stereocenters. The minimum absolute atomic E-state index is 0.0242. The summed E-state index contributed by atoms with van der Waals surface area (Å²) in [4.78, 5) is 42.3. The number of anilines is 2. The fraction of sp³-hybridized carbons (Fsp3) is 0.422. The van der Waals surface area contributed by atoms with Crippen LogP contribution < -0.4 is 15.0 Å². The number of nitrogens with zero attached hydrogens (tertiary/aromatic N) is 5. The molecule has 5 aromatic rings. The van der Waals surface area contributed by atoms with Gasteiger partial charge in [0, 0.05) is 22.5 Å². The van der Waals surface area contributed by atoms with Crippen molar-refractivity contribution in [2.24, 2.45) is 0 Å². The lowest BCUT2D eigenvalue weighted by atomic mass is 10.0. The van der Waals surface area contributed by atoms with E-state index in [9.17, 15) is 19.5 Å². The topological polar surface area (TPSA) is 149 Å². The molecule has 0 atom stereocenters. The summed E-state index contributed by atoms with van der Waals surface area (Å²) in [5.74, 6) is -0.782. The van der Waals surface area contributed by atoms with E-state index < -0.39 is 17.1 Å². The van der Waals surface area contributed by atoms with Gasteiger partial charge in [-0.1, -0.05) is 151 Å². The zero-order chi connectivity index (χ0) is 41.0. The number of aromatic hydroxyl groups is 1. The lowest BCUT2D eigenvalue weighted by Gasteiger charge is -2.25. The lowest BCUT2D eigenvalue weighted by Crippen LogP contribution is -2.28. The molecule has 308 valence electrons. The second-order valence-corrected chi connectivity index (χ2v) is 15.2. The average molecular weight is 809 g/mol. The van der Waals surface area contributed by atoms with Crippen molar-refractivity contribution in [2.45, 2.75) is 116 Å². The molecule has 2 amide bonds. The van der Waals surface area contributed by atoms with Crippen LogP contribution in [0.4, 0.5) is 16.2 Å². The Kier molecular flexibility index (Phi) is 17.9. The predicted molar refractivity (Wildman–Crippen MR) is 230 cm³/mol. The van der Waals surface area contributed by atoms with Crippen molar-refractivity contribution in [1.29, 1.82) is 0 Å². The third-order valence-corrected chi connectivity index (χ3v) is 10.6. The lowest BCUT2D eigenvalue weighted by molar-refractivity contribution is -0.144. The number of nitrogens with one attached hydrogen (secondary N) is 1. The minimum Gasteiger partial charge on any atom is -0.506 e. The van der Waals surface area contributed by atoms with Gasteiger partial charge in [-0.15, -0.1) is 5.10 Å². The van der Waals surface area contributed by atoms with Gasteiger partial charge in [-0.3, -0.25) is 19.3 Å². The third kappa shape index (κ3) is 13.1. The minimum atomic E-state index is -0.569. The van der Waals surface area contributed by atoms with Crippen molar-refractivity contribution in [1.82, 2.24) is 20.2 Å². The Bertz CT molecular complexity index is 2060. The molecule has 0 fully saturated rings. The van der Waals surface area contributed by atoms with Gasteiger partial charge in [0.15, 0.2) is 0 Å². The number of carbonyl (C=O) groups excluding carboxylic acids is 3. The van der Waals surface area contributed by atoms with Crippen LogP contribution in [0.5, 0.6) is 11.5 Å². The molecule has 5 rings (SSSR count). The summed E-state index contributed by atoms with van der Waals surface area (Å²) in [5.41, 5.74) is 1.65. The first-order valence-electron chi connectivity index (χ1n) is 20.6. The van der Waals surface area contributed by atoms with E-state index in [-0.39, 0.29) is 36.2 Å². The van der Waals surface area contributed by atoms with Crippen LogP contribution >= 0.6 is 11.8 Å². The molecule has 0 radical (unpaired) electrons. The summed E-state index contributed by atoms with van der Waals surface area (Å²) in [5, 5.41) is 26.7. The molecule has 0 saturated carbocycles. The van der Waals surface area contributed by atoms with Crippen molar-refractivity contribution < 1.29 is 29.0 Å². The van der Waals surface area contributed by atoms with E-state index in [1.807, 2.05) is 55.5 Å². The van der Waals surface area contributed by atoms with Crippen LogP contribution in [-0.2, 0) is 22.6 Å². The number of hydrogen-bond acceptors (Lipinski definition) is 10. The van der Waals surface area contributed by atoms with Crippen molar-refractivity contribution in [3.63, 3.8) is 0 Å². The van der Waals surface area contributed by atoms with Gasteiger partial charge >= 0.3 is 5.97 Å². The zero-order valence-electron chi connectivity index (χ0n) is 33.7. The highest BCUT2D eigenvalue weighted by molar-refractivity contribution is 8.13. The molecule has 0 aliphatic heterocycles. The van der Waals surface area contributed by atoms with E-state index in [2.05, 4.69) is 27.8 Å². The van der Waals surface area contributed by atoms with Crippen molar-refractivity contribution in [3.05, 3.63) is 96.1 Å². The van der Waals surface area contributed by atoms with Crippen molar-refractivity contribution in [3.8, 4) is 11.5 Å². The van der Waals surface area contributed by atoms with Crippen LogP contribution in [0.2, 0.25) is 0 Å². The van der Waals surface area contributed by atoms with E-state index in [0.717, 1.165) is 30.2 Å². The molecule has 0 aliphatic carbocycles. The van der Waals surface area contributed by atoms with Crippen LogP contribution in [0.15, 0.2) is 90.1 Å². The van der Waals surface area contributed by atoms with Gasteiger partial charge in [0.25, 0.3) is 11.1 Å². The number of tetrazole rings is 1. The first-order chi connectivity index (χ1) is 28.4. The maximum absolute atomic E-state index is 14.3. The number of phenols is 1. The Morgan fingerprint density at radius 2 is 1.40 bits per heavy atom. The Hall–Kier alpha value is -5.43. The van der Waals surface area contributed by atoms with Crippen molar-refractivity contribution in [2.75, 3.05) is 23.4 Å². The Labute approximate surface area is 345 Å². The monoisotopic (exact) mass is 808 g/mol. The molecule has 0 bridgehead atoms. The van der Waals surface area contributed by atoms with Gasteiger partial charge in [0.1, 0.15) is 18.0 Å². The number of fused-ring (bicyclic) bond motifs is 1. The van der Waals surface area contributed by atoms with Crippen LogP contribution in [-0.4, -0.2) is 55.6 Å². The predicted octanol–water partition coefficient (Wildman–Crippen LogP) is 10.7. The smallest absolute Gasteiger partial charge is 0.327 e. The zero-order valence-corrected chi connectivity index (χ0v) is 34.6. The van der Waals surface area contributed by atoms with E-state index >= 15 is 0 Å². The Morgan fingerprint density at radius 3 is 2.10 bits per heavy atom. The molecule has 13 heteroatoms. The van der Waals surface area contributed by atoms with Crippen LogP contribution in [0, 0.1) is 0 Å². The number of unbranched alkanes of at least 4 members (excludes halogenated alkanes) is 11. The molecular formula is C45H56N6O6S. The van der Waals surface area contributed by atoms with E-state index in [4.69, 9.17) is 9.47 Å². The van der Waals surface area contributed by atoms with Crippen LogP contribution in [0.25, 0.3) is 10.8 Å². The van der Waals surface area contributed by atoms with E-state index in [1.165, 1.54) is 79.9 Å². The number of aromatic nitrogens is 4. The maximum atomic E-state index is 14.3. The summed E-state index contributed by atoms with van der Waals surface area (Å²) in [7, 11) is 0. The highest BCUT2D eigenvalue weighted by Gasteiger charge is 2.27. The van der Waals surface area contributed by atoms with Gasteiger partial charge in [-0.2, -0.15) is 0 Å². The van der Waals surface area contributed by atoms with E-state index in [0.29, 0.717) is 40.9 Å². The summed E-state index contributed by atoms with van der Waals surface area (Å²) in [6.07, 6.45) is 15.7. The first kappa shape index (κ1) is 43.7. The highest BCUT2D eigenvalue weighted by atomic mass is 32.2. The molecule has 1 aromatic heterocycles. The molecule has 0 saturated heterocycles. The average Bonchev–Trinajstić information content (AvgIpc) is 3.67. The molecule has 0 aliphatic rings. The second kappa shape index (κ2) is 23.7. The number of esters is 1. The first-order valence-corrected chi connectivity index (χ1v) is 21.4. The fourth-order valence-corrected chi connectivity index (χ4v) is 7.36. The van der Waals surface area contributed by atoms with Gasteiger partial charge in [0.2, 0.25) is 5.16 Å². The highest BCUT2D eigenvalue weighted by Crippen LogP contribution is 2.39. The Balaban J connectivity index is 1.30. The molecule has 58 heavy (non-hydrogen) atoms. The van der Waals surface area contributed by atoms with Gasteiger partial charge in [-0.05, 0) is 47.0 Å². The normalized spacial score (nSPS) is 11.1. The largest absolute Gasteiger partial charge is 0.506 e. The molecule has 1 heterocycles. The van der Waals surface area contributed by atoms with Gasteiger partial charge in [-0.25, -0.2) is 4.68 Å². The fourth-order valence-electron chi connectivity index (χ4n) is 6.65. The molecular weight excluding hydrogens is 753 g/mol. The quantitative estimate of drug-likeness (QED) is 0.0350. The molecule has 0 spiro atoms. The summed E-state index contributed by atoms with van der Waals surface area (Å²) >= 11 is 0.742. The molecule has 12 nitrogen and oxygen atoms in total. The van der Waals surface area contributed by atoms with Crippen LogP contribution in [0.1, 0.15) is 113 Å². The number of hydrogen-bond donors (Lipinski definition) is 2. The number of phenolic OH excluding ortho intramolecular Hbond substituents is 1. The maximum Gasteiger partial charge on any atom is 0.327 e. The summed E-state index contributed by atoms with van der Waals surface area (Å²) in [6, 6.07) is 25.2. The summed E-state index contributed by atoms with van der Waals surface area (Å²) in [6.45, 7) is 4.78. The number of para-hydroxylation sites is 2. The Morgan fingerprint density at radius 1 is 0.759 bits per heavy atom. The number of rotatable bonds is 24. The van der Waals surface area contributed by atoms with Gasteiger partial charge in [0.05, 0.1) is 36.7 Å². The van der Waals surface area contributed by atoms with E-state index in [1.54, 1.807) is 30.3 Å². The third-order valence-electron chi connectivity index (χ3n) is 9.75. The van der Waals surface area contributed by atoms with Gasteiger partial charge < -0.3 is 19.9 Å². The van der Waals surface area contributed by atoms with Crippen LogP contribution in [0.3, 0.4) is 0 Å².